The first-order chi connectivity index (χ1) is 5.00. The van der Waals surface area contributed by atoms with E-state index in [1.54, 1.807) is 0 Å². The summed E-state index contributed by atoms with van der Waals surface area (Å²) in [6.07, 6.45) is 0. The van der Waals surface area contributed by atoms with Crippen LogP contribution < -0.4 is 0 Å². The van der Waals surface area contributed by atoms with E-state index in [9.17, 15) is 0 Å². The quantitative estimate of drug-likeness (QED) is 0.215. The molecular weight excluding hydrogens is 695 g/mol. The van der Waals surface area contributed by atoms with Crippen LogP contribution in [0, 0.1) is 0 Å². The van der Waals surface area contributed by atoms with Gasteiger partial charge in [0.15, 0.2) is 0 Å². The molecule has 0 amide bonds. The van der Waals surface area contributed by atoms with E-state index in [-0.39, 0.29) is 42.1 Å². The maximum absolute atomic E-state index is 7.94. The second kappa shape index (κ2) is 145. The van der Waals surface area contributed by atoms with Gasteiger partial charge in [-0.2, -0.15) is 0 Å². The van der Waals surface area contributed by atoms with E-state index in [4.69, 9.17) is 7.73 Å². The van der Waals surface area contributed by atoms with Crippen LogP contribution in [0.4, 0.5) is 0 Å². The van der Waals surface area contributed by atoms with Gasteiger partial charge in [-0.25, -0.2) is 0 Å². The Morgan fingerprint density at radius 2 is 0.750 bits per heavy atom. The molecular formula is Cd2Co2Mo2O2S4-2. The Morgan fingerprint density at radius 1 is 0.750 bits per heavy atom. The molecule has 0 aromatic carbocycles. The molecule has 0 heterocycles. The number of hydrogen-bond donors (Lipinski definition) is 0. The van der Waals surface area contributed by atoms with Gasteiger partial charge in [0.05, 0.1) is 0 Å². The van der Waals surface area contributed by atoms with Crippen LogP contribution in [0.15, 0.2) is 0 Å². The molecule has 0 aromatic heterocycles. The summed E-state index contributed by atoms with van der Waals surface area (Å²) in [5.41, 5.74) is 0. The van der Waals surface area contributed by atoms with Gasteiger partial charge in [0, 0.05) is 42.1 Å². The summed E-state index contributed by atoms with van der Waals surface area (Å²) >= 11 is 13.4. The Balaban J connectivity index is -0.00000000500. The van der Waals surface area contributed by atoms with Crippen molar-refractivity contribution < 1.29 is 129 Å². The van der Waals surface area contributed by atoms with Gasteiger partial charge in [-0.05, 0) is 0 Å². The van der Waals surface area contributed by atoms with E-state index in [0.29, 0.717) is 0 Å². The minimum absolute atomic E-state index is 0. The average Bonchev–Trinajstić information content (AvgIpc) is 2.20. The summed E-state index contributed by atoms with van der Waals surface area (Å²) in [5.74, 6) is 0. The summed E-state index contributed by atoms with van der Waals surface area (Å²) in [4.78, 5) is 0. The molecule has 0 bridgehead atoms. The fourth-order valence-corrected chi connectivity index (χ4v) is 0. The minimum atomic E-state index is 0. The van der Waals surface area contributed by atoms with Crippen LogP contribution in [0.1, 0.15) is 0 Å². The van der Waals surface area contributed by atoms with E-state index in [1.807, 2.05) is 0 Å². The number of rotatable bonds is 0. The van der Waals surface area contributed by atoms with Crippen LogP contribution in [0.5, 0.6) is 0 Å². The first-order valence-corrected chi connectivity index (χ1v) is 14.2. The van der Waals surface area contributed by atoms with Crippen LogP contribution in [-0.4, -0.2) is 0 Å². The Hall–Kier alpha value is 4.97. The summed E-state index contributed by atoms with van der Waals surface area (Å²) < 4.78 is 15.9. The van der Waals surface area contributed by atoms with Gasteiger partial charge >= 0.3 is 104 Å². The molecule has 0 aliphatic rings. The first-order valence-electron chi connectivity index (χ1n) is 1.02. The van der Waals surface area contributed by atoms with Gasteiger partial charge in [0.1, 0.15) is 0 Å². The topological polar surface area (TPSA) is 34.1 Å². The fraction of sp³-hybridized carbons (Fsp3) is 0. The van der Waals surface area contributed by atoms with Crippen LogP contribution >= 0.6 is 17.3 Å². The van der Waals surface area contributed by atoms with Crippen molar-refractivity contribution >= 4 is 40.6 Å². The molecule has 0 fully saturated rings. The maximum atomic E-state index is 7.94. The molecule has 0 saturated heterocycles. The molecule has 0 atom stereocenters. The zero-order valence-electron chi connectivity index (χ0n) is 5.35. The van der Waals surface area contributed by atoms with Gasteiger partial charge in [0.25, 0.3) is 0 Å². The third-order valence-corrected chi connectivity index (χ3v) is 0. The molecule has 0 rings (SSSR count). The molecule has 0 radical (unpaired) electrons. The molecule has 0 aliphatic carbocycles. The second-order valence-corrected chi connectivity index (χ2v) is 0. The Kier molecular flexibility index (Phi) is 525. The SMILES string of the molecule is [Mo].[Mo].[O]=[Co].[O]=[Co].[S-][S-].[S]=[Cd].[S]=[Cd]. The van der Waals surface area contributed by atoms with Crippen molar-refractivity contribution in [2.24, 2.45) is 0 Å². The van der Waals surface area contributed by atoms with Crippen molar-refractivity contribution in [3.05, 3.63) is 0 Å². The Morgan fingerprint density at radius 3 is 0.750 bits per heavy atom. The predicted molar refractivity (Wildman–Crippen MR) is 31.3 cm³/mol. The fourth-order valence-electron chi connectivity index (χ4n) is 0. The third-order valence-electron chi connectivity index (χ3n) is 0. The van der Waals surface area contributed by atoms with Crippen LogP contribution in [0.25, 0.3) is 0 Å². The Labute approximate surface area is 165 Å². The molecule has 0 unspecified atom stereocenters. The normalized spacial score (nSPS) is 2.33. The van der Waals surface area contributed by atoms with Gasteiger partial charge in [-0.15, -0.1) is 0 Å². The molecule has 12 heavy (non-hydrogen) atoms. The van der Waals surface area contributed by atoms with Crippen molar-refractivity contribution in [3.8, 4) is 0 Å². The van der Waals surface area contributed by atoms with Crippen molar-refractivity contribution in [1.29, 1.82) is 0 Å². The van der Waals surface area contributed by atoms with Gasteiger partial charge < -0.3 is 23.3 Å². The summed E-state index contributed by atoms with van der Waals surface area (Å²) in [5, 5.41) is 0. The molecule has 72 valence electrons. The molecule has 2 nitrogen and oxygen atoms in total. The zero-order valence-corrected chi connectivity index (χ0v) is 22.8. The molecule has 0 saturated carbocycles. The van der Waals surface area contributed by atoms with Crippen molar-refractivity contribution in [3.63, 3.8) is 0 Å². The van der Waals surface area contributed by atoms with Gasteiger partial charge in [-0.3, -0.25) is 0 Å². The molecule has 0 aromatic rings. The van der Waals surface area contributed by atoms with Crippen molar-refractivity contribution in [1.82, 2.24) is 0 Å². The Bertz CT molecular complexity index is 35.0. The molecule has 12 heteroatoms. The number of hydrogen-bond acceptors (Lipinski definition) is 6. The van der Waals surface area contributed by atoms with Crippen LogP contribution in [0.2, 0.25) is 0 Å². The van der Waals surface area contributed by atoms with Crippen LogP contribution in [-0.2, 0) is 152 Å². The van der Waals surface area contributed by atoms with E-state index in [1.165, 1.54) is 0 Å². The molecule has 0 spiro atoms. The first kappa shape index (κ1) is 43.5. The van der Waals surface area contributed by atoms with E-state index >= 15 is 0 Å². The monoisotopic (exact) mass is 701 g/mol. The summed E-state index contributed by atoms with van der Waals surface area (Å²) in [7, 11) is 8.51. The van der Waals surface area contributed by atoms with Gasteiger partial charge in [-0.1, -0.05) is 0 Å². The average molecular weight is 695 g/mol. The third kappa shape index (κ3) is 118. The standard InChI is InChI=1S/2Cd.2Co.2Mo.2O.S2.2S/c;;;;;;;;1-2;;/q;;;;;;;;-2;;. The molecule has 0 aliphatic heterocycles. The zero-order chi connectivity index (χ0) is 10.0. The van der Waals surface area contributed by atoms with E-state index in [2.05, 4.69) is 71.9 Å². The van der Waals surface area contributed by atoms with E-state index in [0.717, 1.165) is 47.4 Å². The van der Waals surface area contributed by atoms with Crippen molar-refractivity contribution in [2.75, 3.05) is 0 Å². The summed E-state index contributed by atoms with van der Waals surface area (Å²) in [6, 6.07) is 0. The van der Waals surface area contributed by atoms with Crippen LogP contribution in [0.3, 0.4) is 0 Å². The van der Waals surface area contributed by atoms with Gasteiger partial charge in [0.2, 0.25) is 0 Å². The van der Waals surface area contributed by atoms with E-state index < -0.39 is 0 Å². The molecule has 0 N–H and O–H groups in total. The second-order valence-electron chi connectivity index (χ2n) is 0. The predicted octanol–water partition coefficient (Wildman–Crippen LogP) is 1.04. The summed E-state index contributed by atoms with van der Waals surface area (Å²) in [6.45, 7) is 0. The van der Waals surface area contributed by atoms with Crippen molar-refractivity contribution in [2.45, 2.75) is 0 Å².